The largest absolute Gasteiger partial charge is 0.396 e. The maximum Gasteiger partial charge on any atom is 0.170 e. The van der Waals surface area contributed by atoms with Gasteiger partial charge in [0.15, 0.2) is 5.11 Å². The zero-order chi connectivity index (χ0) is 16.1. The van der Waals surface area contributed by atoms with Crippen LogP contribution in [0.3, 0.4) is 0 Å². The molecule has 0 aromatic heterocycles. The first-order valence-electron chi connectivity index (χ1n) is 8.36. The first kappa shape index (κ1) is 16.2. The van der Waals surface area contributed by atoms with Crippen molar-refractivity contribution in [2.24, 2.45) is 5.41 Å². The molecule has 0 amide bonds. The van der Waals surface area contributed by atoms with Crippen LogP contribution in [0.5, 0.6) is 0 Å². The van der Waals surface area contributed by atoms with Crippen LogP contribution in [0.1, 0.15) is 32.1 Å². The highest BCUT2D eigenvalue weighted by Crippen LogP contribution is 2.35. The molecular weight excluding hydrogens is 304 g/mol. The van der Waals surface area contributed by atoms with Crippen LogP contribution < -0.4 is 10.6 Å². The van der Waals surface area contributed by atoms with Gasteiger partial charge < -0.3 is 15.7 Å². The van der Waals surface area contributed by atoms with Crippen molar-refractivity contribution in [3.05, 3.63) is 42.5 Å². The molecule has 0 bridgehead atoms. The summed E-state index contributed by atoms with van der Waals surface area (Å²) in [5.74, 6) is 0. The van der Waals surface area contributed by atoms with E-state index in [1.54, 1.807) is 0 Å². The van der Waals surface area contributed by atoms with Gasteiger partial charge >= 0.3 is 0 Å². The third-order valence-corrected chi connectivity index (χ3v) is 5.16. The molecule has 3 nitrogen and oxygen atoms in total. The molecule has 1 aliphatic carbocycles. The van der Waals surface area contributed by atoms with Gasteiger partial charge in [0.25, 0.3) is 0 Å². The number of hydrogen-bond donors (Lipinski definition) is 3. The third kappa shape index (κ3) is 3.82. The Morgan fingerprint density at radius 1 is 1.04 bits per heavy atom. The van der Waals surface area contributed by atoms with Crippen molar-refractivity contribution in [3.8, 4) is 0 Å². The van der Waals surface area contributed by atoms with E-state index in [0.717, 1.165) is 30.5 Å². The highest BCUT2D eigenvalue weighted by Gasteiger charge is 2.31. The lowest BCUT2D eigenvalue weighted by Crippen LogP contribution is -2.42. The molecule has 122 valence electrons. The molecule has 0 saturated heterocycles. The molecule has 23 heavy (non-hydrogen) atoms. The van der Waals surface area contributed by atoms with E-state index in [2.05, 4.69) is 28.8 Å². The summed E-state index contributed by atoms with van der Waals surface area (Å²) in [6.45, 7) is 0.969. The number of fused-ring (bicyclic) bond motifs is 1. The van der Waals surface area contributed by atoms with Crippen molar-refractivity contribution >= 4 is 33.8 Å². The second-order valence-electron chi connectivity index (χ2n) is 6.55. The first-order valence-corrected chi connectivity index (χ1v) is 8.77. The minimum absolute atomic E-state index is 0.0112. The summed E-state index contributed by atoms with van der Waals surface area (Å²) >= 11 is 5.46. The lowest BCUT2D eigenvalue weighted by molar-refractivity contribution is 0.0861. The number of aliphatic hydroxyl groups is 1. The maximum atomic E-state index is 9.78. The van der Waals surface area contributed by atoms with Gasteiger partial charge in [-0.15, -0.1) is 0 Å². The minimum atomic E-state index is -0.0112. The number of benzene rings is 2. The van der Waals surface area contributed by atoms with Crippen molar-refractivity contribution in [2.45, 2.75) is 32.1 Å². The molecule has 1 fully saturated rings. The lowest BCUT2D eigenvalue weighted by Gasteiger charge is -2.36. The Kier molecular flexibility index (Phi) is 5.13. The van der Waals surface area contributed by atoms with Crippen LogP contribution in [-0.4, -0.2) is 23.4 Å². The predicted octanol–water partition coefficient (Wildman–Crippen LogP) is 4.07. The molecule has 1 saturated carbocycles. The van der Waals surface area contributed by atoms with Crippen LogP contribution in [0.25, 0.3) is 10.8 Å². The van der Waals surface area contributed by atoms with E-state index in [0.29, 0.717) is 5.11 Å². The molecule has 0 heterocycles. The zero-order valence-electron chi connectivity index (χ0n) is 13.3. The van der Waals surface area contributed by atoms with E-state index in [4.69, 9.17) is 12.2 Å². The maximum absolute atomic E-state index is 9.78. The fourth-order valence-corrected chi connectivity index (χ4v) is 3.64. The van der Waals surface area contributed by atoms with Gasteiger partial charge in [-0.3, -0.25) is 0 Å². The summed E-state index contributed by atoms with van der Waals surface area (Å²) in [6, 6.07) is 14.4. The first-order chi connectivity index (χ1) is 11.2. The van der Waals surface area contributed by atoms with Crippen LogP contribution in [0.15, 0.2) is 42.5 Å². The van der Waals surface area contributed by atoms with E-state index in [-0.39, 0.29) is 12.0 Å². The normalized spacial score (nSPS) is 16.9. The zero-order valence-corrected chi connectivity index (χ0v) is 14.2. The van der Waals surface area contributed by atoms with Crippen LogP contribution in [0.4, 0.5) is 5.69 Å². The van der Waals surface area contributed by atoms with Gasteiger partial charge in [-0.05, 0) is 36.5 Å². The average molecular weight is 328 g/mol. The minimum Gasteiger partial charge on any atom is -0.396 e. The molecule has 0 unspecified atom stereocenters. The Morgan fingerprint density at radius 3 is 2.57 bits per heavy atom. The average Bonchev–Trinajstić information content (AvgIpc) is 2.61. The number of thiocarbonyl (C=S) groups is 1. The fourth-order valence-electron chi connectivity index (χ4n) is 3.46. The molecule has 2 aromatic rings. The van der Waals surface area contributed by atoms with Crippen LogP contribution in [0, 0.1) is 5.41 Å². The standard InChI is InChI=1S/C19H24N2OS/c22-14-19(11-4-1-5-12-19)13-20-18(23)21-17-10-6-8-15-7-2-3-9-16(15)17/h2-3,6-10,22H,1,4-5,11-14H2,(H2,20,21,23). The molecular formula is C19H24N2OS. The molecule has 3 N–H and O–H groups in total. The molecule has 0 atom stereocenters. The van der Waals surface area contributed by atoms with Gasteiger partial charge in [-0.1, -0.05) is 55.7 Å². The van der Waals surface area contributed by atoms with E-state index in [1.165, 1.54) is 24.6 Å². The summed E-state index contributed by atoms with van der Waals surface area (Å²) in [5, 5.41) is 19.4. The summed E-state index contributed by atoms with van der Waals surface area (Å²) in [7, 11) is 0. The molecule has 0 spiro atoms. The molecule has 0 aliphatic heterocycles. The highest BCUT2D eigenvalue weighted by atomic mass is 32.1. The van der Waals surface area contributed by atoms with Gasteiger partial charge in [0.2, 0.25) is 0 Å². The van der Waals surface area contributed by atoms with Crippen molar-refractivity contribution in [1.29, 1.82) is 0 Å². The van der Waals surface area contributed by atoms with Crippen LogP contribution in [-0.2, 0) is 0 Å². The molecule has 1 aliphatic rings. The molecule has 2 aromatic carbocycles. The van der Waals surface area contributed by atoms with E-state index >= 15 is 0 Å². The quantitative estimate of drug-likeness (QED) is 0.740. The Bertz CT molecular complexity index is 675. The SMILES string of the molecule is OCC1(CNC(=S)Nc2cccc3ccccc23)CCCCC1. The number of hydrogen-bond acceptors (Lipinski definition) is 2. The predicted molar refractivity (Wildman–Crippen MR) is 101 cm³/mol. The van der Waals surface area contributed by atoms with Crippen molar-refractivity contribution in [3.63, 3.8) is 0 Å². The highest BCUT2D eigenvalue weighted by molar-refractivity contribution is 7.80. The van der Waals surface area contributed by atoms with Gasteiger partial charge in [0.05, 0.1) is 6.61 Å². The third-order valence-electron chi connectivity index (χ3n) is 4.91. The topological polar surface area (TPSA) is 44.3 Å². The Hall–Kier alpha value is -1.65. The molecule has 4 heteroatoms. The van der Waals surface area contributed by atoms with Crippen molar-refractivity contribution in [2.75, 3.05) is 18.5 Å². The van der Waals surface area contributed by atoms with E-state index in [1.807, 2.05) is 24.3 Å². The summed E-state index contributed by atoms with van der Waals surface area (Å²) < 4.78 is 0. The monoisotopic (exact) mass is 328 g/mol. The number of anilines is 1. The van der Waals surface area contributed by atoms with Gasteiger partial charge in [-0.25, -0.2) is 0 Å². The van der Waals surface area contributed by atoms with Gasteiger partial charge in [0.1, 0.15) is 0 Å². The Labute approximate surface area is 143 Å². The second-order valence-corrected chi connectivity index (χ2v) is 6.96. The summed E-state index contributed by atoms with van der Waals surface area (Å²) in [5.41, 5.74) is 1.00. The van der Waals surface area contributed by atoms with E-state index < -0.39 is 0 Å². The van der Waals surface area contributed by atoms with Crippen LogP contribution in [0.2, 0.25) is 0 Å². The Balaban J connectivity index is 1.64. The number of rotatable bonds is 4. The lowest BCUT2D eigenvalue weighted by atomic mass is 9.74. The van der Waals surface area contributed by atoms with E-state index in [9.17, 15) is 5.11 Å². The second kappa shape index (κ2) is 7.28. The Morgan fingerprint density at radius 2 is 1.78 bits per heavy atom. The smallest absolute Gasteiger partial charge is 0.170 e. The van der Waals surface area contributed by atoms with Crippen molar-refractivity contribution in [1.82, 2.24) is 5.32 Å². The molecule has 3 rings (SSSR count). The van der Waals surface area contributed by atoms with Gasteiger partial charge in [-0.2, -0.15) is 0 Å². The van der Waals surface area contributed by atoms with Gasteiger partial charge in [0, 0.05) is 23.0 Å². The number of aliphatic hydroxyl groups excluding tert-OH is 1. The van der Waals surface area contributed by atoms with Crippen LogP contribution >= 0.6 is 12.2 Å². The summed E-state index contributed by atoms with van der Waals surface area (Å²) in [6.07, 6.45) is 5.83. The number of nitrogens with one attached hydrogen (secondary N) is 2. The molecule has 0 radical (unpaired) electrons. The van der Waals surface area contributed by atoms with Crippen molar-refractivity contribution < 1.29 is 5.11 Å². The summed E-state index contributed by atoms with van der Waals surface area (Å²) in [4.78, 5) is 0. The fraction of sp³-hybridized carbons (Fsp3) is 0.421.